The van der Waals surface area contributed by atoms with Gasteiger partial charge in [0.25, 0.3) is 0 Å². The lowest BCUT2D eigenvalue weighted by Crippen LogP contribution is -2.22. The van der Waals surface area contributed by atoms with E-state index in [2.05, 4.69) is 32.3 Å². The Balaban J connectivity index is 2.15. The molecular formula is C11H13BrN2. The summed E-state index contributed by atoms with van der Waals surface area (Å²) in [6, 6.07) is 6.01. The van der Waals surface area contributed by atoms with Crippen LogP contribution in [0.3, 0.4) is 0 Å². The molecule has 2 heterocycles. The number of hydrogen-bond acceptors (Lipinski definition) is 2. The summed E-state index contributed by atoms with van der Waals surface area (Å²) in [4.78, 5) is 4.39. The molecule has 0 bridgehead atoms. The predicted molar refractivity (Wildman–Crippen MR) is 62.0 cm³/mol. The molecule has 1 fully saturated rings. The molecule has 74 valence electrons. The van der Waals surface area contributed by atoms with Crippen molar-refractivity contribution in [2.75, 3.05) is 13.1 Å². The molecule has 0 amide bonds. The lowest BCUT2D eigenvalue weighted by atomic mass is 10.0. The van der Waals surface area contributed by atoms with Crippen LogP contribution < -0.4 is 5.32 Å². The fourth-order valence-corrected chi connectivity index (χ4v) is 1.96. The molecule has 0 saturated carbocycles. The Morgan fingerprint density at radius 1 is 1.29 bits per heavy atom. The standard InChI is InChI=1S/C11H13BrN2/c12-11-3-1-2-10(14-11)8-9-4-6-13-7-5-9/h1-3,8,13H,4-7H2. The van der Waals surface area contributed by atoms with Crippen LogP contribution >= 0.6 is 15.9 Å². The molecule has 1 N–H and O–H groups in total. The Hall–Kier alpha value is -0.670. The van der Waals surface area contributed by atoms with Gasteiger partial charge in [0.1, 0.15) is 4.60 Å². The molecule has 2 rings (SSSR count). The van der Waals surface area contributed by atoms with E-state index >= 15 is 0 Å². The molecule has 1 saturated heterocycles. The zero-order valence-corrected chi connectivity index (χ0v) is 9.55. The van der Waals surface area contributed by atoms with Crippen LogP contribution in [0.4, 0.5) is 0 Å². The molecule has 1 aliphatic rings. The summed E-state index contributed by atoms with van der Waals surface area (Å²) in [5, 5.41) is 3.34. The minimum Gasteiger partial charge on any atom is -0.316 e. The third-order valence-corrected chi connectivity index (χ3v) is 2.78. The Morgan fingerprint density at radius 3 is 2.79 bits per heavy atom. The fraction of sp³-hybridized carbons (Fsp3) is 0.364. The smallest absolute Gasteiger partial charge is 0.106 e. The van der Waals surface area contributed by atoms with E-state index in [1.165, 1.54) is 5.57 Å². The van der Waals surface area contributed by atoms with Crippen LogP contribution in [-0.4, -0.2) is 18.1 Å². The Morgan fingerprint density at radius 2 is 2.07 bits per heavy atom. The van der Waals surface area contributed by atoms with Crippen molar-refractivity contribution in [3.05, 3.63) is 34.1 Å². The molecule has 0 atom stereocenters. The highest BCUT2D eigenvalue weighted by Crippen LogP contribution is 2.15. The minimum atomic E-state index is 0.904. The molecule has 2 nitrogen and oxygen atoms in total. The average Bonchev–Trinajstić information content (AvgIpc) is 2.19. The quantitative estimate of drug-likeness (QED) is 0.778. The maximum absolute atomic E-state index is 4.39. The molecule has 1 aliphatic heterocycles. The van der Waals surface area contributed by atoms with Gasteiger partial charge < -0.3 is 5.32 Å². The number of halogens is 1. The average molecular weight is 253 g/mol. The van der Waals surface area contributed by atoms with Crippen molar-refractivity contribution in [1.82, 2.24) is 10.3 Å². The van der Waals surface area contributed by atoms with Crippen molar-refractivity contribution in [2.24, 2.45) is 0 Å². The molecule has 0 unspecified atom stereocenters. The summed E-state index contributed by atoms with van der Waals surface area (Å²) in [5.74, 6) is 0. The van der Waals surface area contributed by atoms with E-state index in [4.69, 9.17) is 0 Å². The van der Waals surface area contributed by atoms with Crippen molar-refractivity contribution in [2.45, 2.75) is 12.8 Å². The van der Waals surface area contributed by atoms with E-state index in [1.54, 1.807) is 0 Å². The first-order chi connectivity index (χ1) is 6.84. The van der Waals surface area contributed by atoms with Crippen molar-refractivity contribution >= 4 is 22.0 Å². The fourth-order valence-electron chi connectivity index (χ4n) is 1.61. The first kappa shape index (κ1) is 9.87. The summed E-state index contributed by atoms with van der Waals surface area (Å²) in [5.41, 5.74) is 2.55. The molecule has 0 spiro atoms. The number of nitrogens with one attached hydrogen (secondary N) is 1. The molecule has 0 radical (unpaired) electrons. The van der Waals surface area contributed by atoms with Gasteiger partial charge in [-0.2, -0.15) is 0 Å². The van der Waals surface area contributed by atoms with Gasteiger partial charge in [0.2, 0.25) is 0 Å². The van der Waals surface area contributed by atoms with Gasteiger partial charge in [-0.1, -0.05) is 11.6 Å². The van der Waals surface area contributed by atoms with Crippen molar-refractivity contribution in [3.63, 3.8) is 0 Å². The third kappa shape index (κ3) is 2.66. The normalized spacial score (nSPS) is 16.8. The van der Waals surface area contributed by atoms with Crippen molar-refractivity contribution in [1.29, 1.82) is 0 Å². The van der Waals surface area contributed by atoms with Gasteiger partial charge in [0, 0.05) is 0 Å². The van der Waals surface area contributed by atoms with Crippen molar-refractivity contribution in [3.8, 4) is 0 Å². The lowest BCUT2D eigenvalue weighted by Gasteiger charge is -2.14. The zero-order chi connectivity index (χ0) is 9.80. The van der Waals surface area contributed by atoms with E-state index in [1.807, 2.05) is 18.2 Å². The van der Waals surface area contributed by atoms with E-state index in [0.29, 0.717) is 0 Å². The largest absolute Gasteiger partial charge is 0.316 e. The lowest BCUT2D eigenvalue weighted by molar-refractivity contribution is 0.613. The van der Waals surface area contributed by atoms with Gasteiger partial charge in [-0.25, -0.2) is 4.98 Å². The first-order valence-corrected chi connectivity index (χ1v) is 5.66. The number of rotatable bonds is 1. The predicted octanol–water partition coefficient (Wildman–Crippen LogP) is 2.61. The summed E-state index contributed by atoms with van der Waals surface area (Å²) in [6.45, 7) is 2.19. The second-order valence-electron chi connectivity index (χ2n) is 3.44. The Kier molecular flexibility index (Phi) is 3.32. The monoisotopic (exact) mass is 252 g/mol. The number of pyridine rings is 1. The van der Waals surface area contributed by atoms with Crippen LogP contribution in [0.1, 0.15) is 18.5 Å². The summed E-state index contributed by atoms with van der Waals surface area (Å²) >= 11 is 3.37. The third-order valence-electron chi connectivity index (χ3n) is 2.33. The summed E-state index contributed by atoms with van der Waals surface area (Å²) in [6.07, 6.45) is 4.49. The summed E-state index contributed by atoms with van der Waals surface area (Å²) < 4.78 is 0.904. The van der Waals surface area contributed by atoms with Gasteiger partial charge in [0.15, 0.2) is 0 Å². The SMILES string of the molecule is Brc1cccc(C=C2CCNCC2)n1. The first-order valence-electron chi connectivity index (χ1n) is 4.87. The molecular weight excluding hydrogens is 240 g/mol. The van der Waals surface area contributed by atoms with Gasteiger partial charge in [-0.3, -0.25) is 0 Å². The Bertz CT molecular complexity index is 339. The van der Waals surface area contributed by atoms with Gasteiger partial charge in [-0.05, 0) is 60.1 Å². The van der Waals surface area contributed by atoms with Crippen LogP contribution in [0.2, 0.25) is 0 Å². The topological polar surface area (TPSA) is 24.9 Å². The highest BCUT2D eigenvalue weighted by Gasteiger charge is 2.04. The molecule has 3 heteroatoms. The molecule has 0 aromatic carbocycles. The maximum Gasteiger partial charge on any atom is 0.106 e. The van der Waals surface area contributed by atoms with Crippen LogP contribution in [0, 0.1) is 0 Å². The van der Waals surface area contributed by atoms with Crippen LogP contribution in [0.5, 0.6) is 0 Å². The van der Waals surface area contributed by atoms with Crippen molar-refractivity contribution < 1.29 is 0 Å². The Labute approximate surface area is 92.6 Å². The molecule has 0 aliphatic carbocycles. The number of nitrogens with zero attached hydrogens (tertiary/aromatic N) is 1. The zero-order valence-electron chi connectivity index (χ0n) is 7.96. The molecule has 1 aromatic rings. The van der Waals surface area contributed by atoms with Crippen LogP contribution in [0.15, 0.2) is 28.4 Å². The van der Waals surface area contributed by atoms with Gasteiger partial charge >= 0.3 is 0 Å². The van der Waals surface area contributed by atoms with Gasteiger partial charge in [-0.15, -0.1) is 0 Å². The van der Waals surface area contributed by atoms with E-state index in [-0.39, 0.29) is 0 Å². The highest BCUT2D eigenvalue weighted by atomic mass is 79.9. The highest BCUT2D eigenvalue weighted by molar-refractivity contribution is 9.10. The van der Waals surface area contributed by atoms with Crippen LogP contribution in [0.25, 0.3) is 6.08 Å². The van der Waals surface area contributed by atoms with E-state index in [0.717, 1.165) is 36.2 Å². The summed E-state index contributed by atoms with van der Waals surface area (Å²) in [7, 11) is 0. The van der Waals surface area contributed by atoms with E-state index in [9.17, 15) is 0 Å². The van der Waals surface area contributed by atoms with E-state index < -0.39 is 0 Å². The molecule has 1 aromatic heterocycles. The maximum atomic E-state index is 4.39. The number of piperidine rings is 1. The van der Waals surface area contributed by atoms with Crippen LogP contribution in [-0.2, 0) is 0 Å². The second kappa shape index (κ2) is 4.71. The molecule has 14 heavy (non-hydrogen) atoms. The second-order valence-corrected chi connectivity index (χ2v) is 4.25. The number of aromatic nitrogens is 1. The van der Waals surface area contributed by atoms with Gasteiger partial charge in [0.05, 0.1) is 5.69 Å². The minimum absolute atomic E-state index is 0.904. The number of hydrogen-bond donors (Lipinski definition) is 1.